The van der Waals surface area contributed by atoms with Gasteiger partial charge < -0.3 is 10.2 Å². The molecule has 0 heterocycles. The van der Waals surface area contributed by atoms with Crippen LogP contribution in [0.2, 0.25) is 0 Å². The van der Waals surface area contributed by atoms with Crippen molar-refractivity contribution in [1.29, 1.82) is 0 Å². The lowest BCUT2D eigenvalue weighted by Gasteiger charge is -2.22. The number of amides is 2. The van der Waals surface area contributed by atoms with Crippen LogP contribution in [0.15, 0.2) is 24.3 Å². The van der Waals surface area contributed by atoms with Crippen molar-refractivity contribution in [2.24, 2.45) is 0 Å². The third-order valence-electron chi connectivity index (χ3n) is 3.36. The fraction of sp³-hybridized carbons (Fsp3) is 0.533. The van der Waals surface area contributed by atoms with Gasteiger partial charge in [0.15, 0.2) is 0 Å². The quantitative estimate of drug-likeness (QED) is 0.875. The topological polar surface area (TPSA) is 32.3 Å². The number of urea groups is 1. The Morgan fingerprint density at radius 1 is 1.19 bits per heavy atom. The number of rotatable bonds is 5. The highest BCUT2D eigenvalue weighted by Gasteiger charge is 2.29. The molecule has 1 aromatic carbocycles. The molecule has 0 aliphatic rings. The van der Waals surface area contributed by atoms with E-state index >= 15 is 0 Å². The summed E-state index contributed by atoms with van der Waals surface area (Å²) in [5, 5.41) is 2.88. The molecule has 3 nitrogen and oxygen atoms in total. The summed E-state index contributed by atoms with van der Waals surface area (Å²) >= 11 is 0. The fourth-order valence-corrected chi connectivity index (χ4v) is 1.92. The molecule has 0 aliphatic heterocycles. The molecule has 0 unspecified atom stereocenters. The number of hydrogen-bond acceptors (Lipinski definition) is 1. The molecule has 0 fully saturated rings. The highest BCUT2D eigenvalue weighted by atomic mass is 19.4. The van der Waals surface area contributed by atoms with Crippen molar-refractivity contribution in [3.05, 3.63) is 35.4 Å². The van der Waals surface area contributed by atoms with E-state index < -0.39 is 11.7 Å². The first-order chi connectivity index (χ1) is 9.77. The van der Waals surface area contributed by atoms with Gasteiger partial charge in [-0.3, -0.25) is 0 Å². The molecule has 0 aromatic heterocycles. The predicted molar refractivity (Wildman–Crippen MR) is 75.8 cm³/mol. The number of hydrogen-bond donors (Lipinski definition) is 1. The van der Waals surface area contributed by atoms with Crippen LogP contribution < -0.4 is 5.32 Å². The Kier molecular flexibility index (Phi) is 6.05. The Bertz CT molecular complexity index is 453. The van der Waals surface area contributed by atoms with Crippen molar-refractivity contribution >= 4 is 6.03 Å². The van der Waals surface area contributed by atoms with Crippen LogP contribution in [0.25, 0.3) is 0 Å². The SMILES string of the molecule is CCC(CC)NC(=O)N(C)Cc1ccc(C(F)(F)F)cc1. The Morgan fingerprint density at radius 3 is 2.14 bits per heavy atom. The molecule has 0 atom stereocenters. The van der Waals surface area contributed by atoms with Gasteiger partial charge in [0.2, 0.25) is 0 Å². The van der Waals surface area contributed by atoms with E-state index in [4.69, 9.17) is 0 Å². The van der Waals surface area contributed by atoms with Crippen molar-refractivity contribution < 1.29 is 18.0 Å². The van der Waals surface area contributed by atoms with Gasteiger partial charge in [0.05, 0.1) is 5.56 Å². The van der Waals surface area contributed by atoms with Gasteiger partial charge in [-0.25, -0.2) is 4.79 Å². The second kappa shape index (κ2) is 7.33. The predicted octanol–water partition coefficient (Wildman–Crippen LogP) is 4.04. The number of halogens is 3. The number of benzene rings is 1. The number of alkyl halides is 3. The molecule has 1 aromatic rings. The average Bonchev–Trinajstić information content (AvgIpc) is 2.44. The standard InChI is InChI=1S/C15H21F3N2O/c1-4-13(5-2)19-14(21)20(3)10-11-6-8-12(9-7-11)15(16,17)18/h6-9,13H,4-5,10H2,1-3H3,(H,19,21). The zero-order valence-corrected chi connectivity index (χ0v) is 12.5. The van der Waals surface area contributed by atoms with Crippen LogP contribution in [0, 0.1) is 0 Å². The van der Waals surface area contributed by atoms with Crippen molar-refractivity contribution in [3.63, 3.8) is 0 Å². The monoisotopic (exact) mass is 302 g/mol. The van der Waals surface area contributed by atoms with E-state index in [9.17, 15) is 18.0 Å². The lowest BCUT2D eigenvalue weighted by Crippen LogP contribution is -2.42. The third-order valence-corrected chi connectivity index (χ3v) is 3.36. The molecule has 0 saturated carbocycles. The maximum Gasteiger partial charge on any atom is 0.416 e. The first-order valence-corrected chi connectivity index (χ1v) is 6.95. The first kappa shape index (κ1) is 17.3. The van der Waals surface area contributed by atoms with Gasteiger partial charge in [-0.1, -0.05) is 26.0 Å². The molecule has 0 bridgehead atoms. The van der Waals surface area contributed by atoms with Crippen molar-refractivity contribution in [1.82, 2.24) is 10.2 Å². The summed E-state index contributed by atoms with van der Waals surface area (Å²) in [5.41, 5.74) is -0.0272. The lowest BCUT2D eigenvalue weighted by molar-refractivity contribution is -0.137. The van der Waals surface area contributed by atoms with Gasteiger partial charge in [0.25, 0.3) is 0 Å². The van der Waals surface area contributed by atoms with Crippen LogP contribution in [0.4, 0.5) is 18.0 Å². The maximum absolute atomic E-state index is 12.5. The maximum atomic E-state index is 12.5. The van der Waals surface area contributed by atoms with Gasteiger partial charge in [0.1, 0.15) is 0 Å². The Morgan fingerprint density at radius 2 is 1.71 bits per heavy atom. The number of nitrogens with one attached hydrogen (secondary N) is 1. The van der Waals surface area contributed by atoms with E-state index in [2.05, 4.69) is 5.32 Å². The summed E-state index contributed by atoms with van der Waals surface area (Å²) in [4.78, 5) is 13.4. The zero-order valence-electron chi connectivity index (χ0n) is 12.5. The average molecular weight is 302 g/mol. The second-order valence-electron chi connectivity index (χ2n) is 5.01. The summed E-state index contributed by atoms with van der Waals surface area (Å²) in [5.74, 6) is 0. The second-order valence-corrected chi connectivity index (χ2v) is 5.01. The minimum atomic E-state index is -4.34. The van der Waals surface area contributed by atoms with Gasteiger partial charge >= 0.3 is 12.2 Å². The molecule has 1 N–H and O–H groups in total. The summed E-state index contributed by atoms with van der Waals surface area (Å²) in [6, 6.07) is 4.74. The smallest absolute Gasteiger partial charge is 0.335 e. The van der Waals surface area contributed by atoms with Gasteiger partial charge in [0, 0.05) is 19.6 Å². The molecule has 118 valence electrons. The molecule has 0 spiro atoms. The molecule has 0 aliphatic carbocycles. The summed E-state index contributed by atoms with van der Waals surface area (Å²) in [7, 11) is 1.62. The van der Waals surface area contributed by atoms with Crippen molar-refractivity contribution in [2.75, 3.05) is 7.05 Å². The van der Waals surface area contributed by atoms with Gasteiger partial charge in [-0.2, -0.15) is 13.2 Å². The summed E-state index contributed by atoms with van der Waals surface area (Å²) < 4.78 is 37.4. The minimum Gasteiger partial charge on any atom is -0.335 e. The Labute approximate surface area is 123 Å². The van der Waals surface area contributed by atoms with Crippen molar-refractivity contribution in [3.8, 4) is 0 Å². The first-order valence-electron chi connectivity index (χ1n) is 6.95. The van der Waals surface area contributed by atoms with E-state index in [-0.39, 0.29) is 18.6 Å². The molecule has 2 amide bonds. The molecule has 1 rings (SSSR count). The zero-order chi connectivity index (χ0) is 16.0. The molecular formula is C15H21F3N2O. The van der Waals surface area contributed by atoms with E-state index in [0.29, 0.717) is 5.56 Å². The van der Waals surface area contributed by atoms with Crippen molar-refractivity contribution in [2.45, 2.75) is 45.5 Å². The molecule has 21 heavy (non-hydrogen) atoms. The van der Waals surface area contributed by atoms with Crippen LogP contribution in [0.1, 0.15) is 37.8 Å². The van der Waals surface area contributed by atoms with E-state index in [1.807, 2.05) is 13.8 Å². The Balaban J connectivity index is 2.62. The lowest BCUT2D eigenvalue weighted by atomic mass is 10.1. The molecule has 0 radical (unpaired) electrons. The van der Waals surface area contributed by atoms with Crippen LogP contribution in [-0.2, 0) is 12.7 Å². The highest BCUT2D eigenvalue weighted by Crippen LogP contribution is 2.29. The summed E-state index contributed by atoms with van der Waals surface area (Å²) in [6.07, 6.45) is -2.65. The fourth-order valence-electron chi connectivity index (χ4n) is 1.92. The van der Waals surface area contributed by atoms with Crippen LogP contribution in [-0.4, -0.2) is 24.0 Å². The van der Waals surface area contributed by atoms with Gasteiger partial charge in [-0.15, -0.1) is 0 Å². The minimum absolute atomic E-state index is 0.118. The number of carbonyl (C=O) groups excluding carboxylic acids is 1. The molecule has 6 heteroatoms. The van der Waals surface area contributed by atoms with Crippen LogP contribution in [0.3, 0.4) is 0 Å². The molecular weight excluding hydrogens is 281 g/mol. The van der Waals surface area contributed by atoms with E-state index in [1.165, 1.54) is 17.0 Å². The van der Waals surface area contributed by atoms with Crippen LogP contribution >= 0.6 is 0 Å². The largest absolute Gasteiger partial charge is 0.416 e. The Hall–Kier alpha value is -1.72. The van der Waals surface area contributed by atoms with Crippen LogP contribution in [0.5, 0.6) is 0 Å². The number of carbonyl (C=O) groups is 1. The molecule has 0 saturated heterocycles. The normalized spacial score (nSPS) is 11.6. The van der Waals surface area contributed by atoms with E-state index in [0.717, 1.165) is 25.0 Å². The number of nitrogens with zero attached hydrogens (tertiary/aromatic N) is 1. The van der Waals surface area contributed by atoms with Gasteiger partial charge in [-0.05, 0) is 30.5 Å². The highest BCUT2D eigenvalue weighted by molar-refractivity contribution is 5.74. The summed E-state index contributed by atoms with van der Waals surface area (Å²) in [6.45, 7) is 4.25. The third kappa shape index (κ3) is 5.28. The van der Waals surface area contributed by atoms with E-state index in [1.54, 1.807) is 7.05 Å².